The maximum Gasteiger partial charge on any atom is 0.246 e. The molecule has 1 aromatic carbocycles. The summed E-state index contributed by atoms with van der Waals surface area (Å²) >= 11 is 0. The molecule has 0 saturated carbocycles. The van der Waals surface area contributed by atoms with Gasteiger partial charge in [0.15, 0.2) is 28.2 Å². The average Bonchev–Trinajstić information content (AvgIpc) is 2.56. The summed E-state index contributed by atoms with van der Waals surface area (Å²) in [6, 6.07) is 0. The zero-order chi connectivity index (χ0) is 20.1. The molecule has 0 aliphatic carbocycles. The van der Waals surface area contributed by atoms with E-state index in [1.807, 2.05) is 9.63 Å². The van der Waals surface area contributed by atoms with Crippen LogP contribution in [0, 0.1) is 23.3 Å². The van der Waals surface area contributed by atoms with Crippen LogP contribution >= 0.6 is 0 Å². The van der Waals surface area contributed by atoms with Gasteiger partial charge in [0.1, 0.15) is 5.69 Å². The lowest BCUT2D eigenvalue weighted by Crippen LogP contribution is -2.30. The number of halogens is 4. The van der Waals surface area contributed by atoms with Crippen LogP contribution in [0.25, 0.3) is 10.4 Å². The Morgan fingerprint density at radius 3 is 1.96 bits per heavy atom. The Kier molecular flexibility index (Phi) is 7.11. The number of sulfonamides is 2. The van der Waals surface area contributed by atoms with Gasteiger partial charge < -0.3 is 0 Å². The quantitative estimate of drug-likeness (QED) is 0.158. The Morgan fingerprint density at radius 1 is 1.00 bits per heavy atom. The van der Waals surface area contributed by atoms with Crippen molar-refractivity contribution in [3.63, 3.8) is 0 Å². The summed E-state index contributed by atoms with van der Waals surface area (Å²) in [6.07, 6.45) is -0.155. The first-order chi connectivity index (χ1) is 12.0. The van der Waals surface area contributed by atoms with Gasteiger partial charge in [-0.2, -0.15) is 0 Å². The number of hydrogen-bond donors (Lipinski definition) is 2. The molecule has 0 bridgehead atoms. The first-order valence-corrected chi connectivity index (χ1v) is 9.54. The van der Waals surface area contributed by atoms with Crippen LogP contribution in [0.1, 0.15) is 6.42 Å². The lowest BCUT2D eigenvalue weighted by molar-refractivity contribution is 0.421. The maximum absolute atomic E-state index is 13.8. The summed E-state index contributed by atoms with van der Waals surface area (Å²) in [7, 11) is -8.78. The summed E-state index contributed by atoms with van der Waals surface area (Å²) in [4.78, 5) is 0.0479. The van der Waals surface area contributed by atoms with Crippen molar-refractivity contribution in [2.75, 3.05) is 13.1 Å². The van der Waals surface area contributed by atoms with Gasteiger partial charge in [-0.15, -0.1) is 0 Å². The molecule has 0 spiro atoms. The highest BCUT2D eigenvalue weighted by molar-refractivity contribution is 7.92. The molecule has 0 amide bonds. The predicted molar refractivity (Wildman–Crippen MR) is 82.0 cm³/mol. The number of nitrogens with zero attached hydrogens (tertiary/aromatic N) is 3. The molecule has 1 aromatic rings. The highest BCUT2D eigenvalue weighted by Crippen LogP contribution is 2.32. The molecule has 0 aliphatic heterocycles. The van der Waals surface area contributed by atoms with E-state index < -0.39 is 60.4 Å². The van der Waals surface area contributed by atoms with Crippen LogP contribution in [-0.4, -0.2) is 29.9 Å². The largest absolute Gasteiger partial charge is 0.246 e. The number of benzene rings is 1. The second-order valence-electron chi connectivity index (χ2n) is 4.48. The first kappa shape index (κ1) is 21.9. The van der Waals surface area contributed by atoms with Crippen LogP contribution < -0.4 is 9.44 Å². The summed E-state index contributed by atoms with van der Waals surface area (Å²) in [5, 5.41) is 3.04. The molecule has 0 radical (unpaired) electrons. The van der Waals surface area contributed by atoms with Crippen molar-refractivity contribution >= 4 is 25.7 Å². The second kappa shape index (κ2) is 8.46. The van der Waals surface area contributed by atoms with Gasteiger partial charge in [0.05, 0.1) is 0 Å². The van der Waals surface area contributed by atoms with Gasteiger partial charge in [-0.25, -0.2) is 43.8 Å². The number of hydrogen-bond acceptors (Lipinski definition) is 5. The fourth-order valence-corrected chi connectivity index (χ4v) is 3.36. The number of rotatable bonds is 9. The Hall–Kier alpha value is -2.19. The average molecular weight is 417 g/mol. The van der Waals surface area contributed by atoms with Crippen molar-refractivity contribution in [3.05, 3.63) is 45.7 Å². The topological polar surface area (TPSA) is 141 Å². The smallest absolute Gasteiger partial charge is 0.212 e. The molecule has 26 heavy (non-hydrogen) atoms. The van der Waals surface area contributed by atoms with Crippen LogP contribution in [0.4, 0.5) is 23.2 Å². The lowest BCUT2D eigenvalue weighted by Gasteiger charge is -2.11. The second-order valence-corrected chi connectivity index (χ2v) is 7.90. The van der Waals surface area contributed by atoms with E-state index in [4.69, 9.17) is 5.53 Å². The third-order valence-corrected chi connectivity index (χ3v) is 5.31. The Bertz CT molecular complexity index is 946. The fraction of sp³-hybridized carbons (Fsp3) is 0.273. The molecule has 0 unspecified atom stereocenters. The van der Waals surface area contributed by atoms with Crippen molar-refractivity contribution in [3.8, 4) is 0 Å². The van der Waals surface area contributed by atoms with Crippen molar-refractivity contribution < 1.29 is 34.4 Å². The van der Waals surface area contributed by atoms with Gasteiger partial charge in [-0.3, -0.25) is 0 Å². The molecule has 1 rings (SSSR count). The van der Waals surface area contributed by atoms with E-state index in [-0.39, 0.29) is 13.0 Å². The van der Waals surface area contributed by atoms with Crippen LogP contribution in [0.5, 0.6) is 0 Å². The first-order valence-electron chi connectivity index (χ1n) is 6.51. The number of nitrogens with one attached hydrogen (secondary N) is 2. The van der Waals surface area contributed by atoms with E-state index in [0.29, 0.717) is 5.41 Å². The minimum Gasteiger partial charge on any atom is -0.212 e. The van der Waals surface area contributed by atoms with Crippen LogP contribution in [0.3, 0.4) is 0 Å². The van der Waals surface area contributed by atoms with Gasteiger partial charge in [-0.05, 0) is 12.0 Å². The molecule has 0 atom stereocenters. The molecule has 0 fully saturated rings. The minimum absolute atomic E-state index is 0.155. The Labute approximate surface area is 145 Å². The minimum atomic E-state index is -5.03. The molecule has 0 aromatic heterocycles. The third kappa shape index (κ3) is 4.92. The Morgan fingerprint density at radius 2 is 1.50 bits per heavy atom. The van der Waals surface area contributed by atoms with Crippen molar-refractivity contribution in [2.45, 2.75) is 11.3 Å². The maximum atomic E-state index is 13.8. The summed E-state index contributed by atoms with van der Waals surface area (Å²) in [5.41, 5.74) is 6.46. The fourth-order valence-electron chi connectivity index (χ4n) is 1.61. The molecule has 15 heteroatoms. The monoisotopic (exact) mass is 417 g/mol. The van der Waals surface area contributed by atoms with E-state index in [1.54, 1.807) is 4.72 Å². The van der Waals surface area contributed by atoms with E-state index in [9.17, 15) is 34.4 Å². The highest BCUT2D eigenvalue weighted by Gasteiger charge is 2.32. The zero-order valence-corrected chi connectivity index (χ0v) is 14.3. The molecule has 144 valence electrons. The van der Waals surface area contributed by atoms with Crippen molar-refractivity contribution in [1.29, 1.82) is 0 Å². The third-order valence-electron chi connectivity index (χ3n) is 2.78. The summed E-state index contributed by atoms with van der Waals surface area (Å²) < 4.78 is 104. The SMILES string of the molecule is C=CS(=O)(=O)NCCCNS(=O)(=O)c1c(F)c(F)c(N=[N+]=[N-])c(F)c1F. The summed E-state index contributed by atoms with van der Waals surface area (Å²) in [5.74, 6) is -8.90. The van der Waals surface area contributed by atoms with Crippen LogP contribution in [0.15, 0.2) is 22.0 Å². The molecule has 0 aliphatic rings. The van der Waals surface area contributed by atoms with Crippen LogP contribution in [0.2, 0.25) is 0 Å². The van der Waals surface area contributed by atoms with Gasteiger partial charge in [-0.1, -0.05) is 11.7 Å². The van der Waals surface area contributed by atoms with Crippen molar-refractivity contribution in [2.24, 2.45) is 5.11 Å². The van der Waals surface area contributed by atoms with E-state index in [1.165, 1.54) is 0 Å². The van der Waals surface area contributed by atoms with Gasteiger partial charge in [0, 0.05) is 23.4 Å². The van der Waals surface area contributed by atoms with Crippen LogP contribution in [-0.2, 0) is 20.0 Å². The molecule has 2 N–H and O–H groups in total. The molecule has 9 nitrogen and oxygen atoms in total. The standard InChI is InChI=1S/C11H11F4N5O4S2/c1-2-25(21,22)17-4-3-5-18-26(23,24)11-8(14)6(12)10(19-20-16)7(13)9(11)15/h2,17-18H,1,3-5H2. The lowest BCUT2D eigenvalue weighted by atomic mass is 10.2. The summed E-state index contributed by atoms with van der Waals surface area (Å²) in [6.45, 7) is 2.26. The zero-order valence-electron chi connectivity index (χ0n) is 12.7. The highest BCUT2D eigenvalue weighted by atomic mass is 32.2. The Balaban J connectivity index is 3.03. The van der Waals surface area contributed by atoms with E-state index >= 15 is 0 Å². The van der Waals surface area contributed by atoms with Crippen molar-refractivity contribution in [1.82, 2.24) is 9.44 Å². The van der Waals surface area contributed by atoms with E-state index in [0.717, 1.165) is 0 Å². The molecule has 0 saturated heterocycles. The van der Waals surface area contributed by atoms with Gasteiger partial charge >= 0.3 is 0 Å². The molecular formula is C11H11F4N5O4S2. The molecule has 0 heterocycles. The molecular weight excluding hydrogens is 406 g/mol. The normalized spacial score (nSPS) is 11.8. The predicted octanol–water partition coefficient (Wildman–Crippen LogP) is 1.92. The number of azide groups is 1. The van der Waals surface area contributed by atoms with Gasteiger partial charge in [0.2, 0.25) is 20.0 Å². The van der Waals surface area contributed by atoms with Gasteiger partial charge in [0.25, 0.3) is 0 Å². The van der Waals surface area contributed by atoms with E-state index in [2.05, 4.69) is 11.7 Å².